The van der Waals surface area contributed by atoms with Gasteiger partial charge in [0.05, 0.1) is 0 Å². The molecule has 0 spiro atoms. The average Bonchev–Trinajstić information content (AvgIpc) is 2.97. The summed E-state index contributed by atoms with van der Waals surface area (Å²) in [6.45, 7) is 7.77. The molecule has 0 aliphatic rings. The Balaban J connectivity index is 2.00. The highest BCUT2D eigenvalue weighted by molar-refractivity contribution is 5.46. The van der Waals surface area contributed by atoms with Gasteiger partial charge in [-0.1, -0.05) is 25.1 Å². The highest BCUT2D eigenvalue weighted by atomic mass is 16.5. The molecule has 0 amide bonds. The third-order valence-electron chi connectivity index (χ3n) is 3.29. The van der Waals surface area contributed by atoms with E-state index in [0.29, 0.717) is 18.1 Å². The van der Waals surface area contributed by atoms with Crippen molar-refractivity contribution in [2.24, 2.45) is 5.73 Å². The minimum atomic E-state index is 0.461. The van der Waals surface area contributed by atoms with E-state index in [1.807, 2.05) is 12.1 Å². The summed E-state index contributed by atoms with van der Waals surface area (Å²) < 4.78 is 5.25. The summed E-state index contributed by atoms with van der Waals surface area (Å²) in [5.74, 6) is 1.18. The minimum Gasteiger partial charge on any atom is -0.332 e. The Kier molecular flexibility index (Phi) is 5.20. The van der Waals surface area contributed by atoms with Crippen molar-refractivity contribution in [3.8, 4) is 11.6 Å². The molecule has 0 atom stereocenters. The van der Waals surface area contributed by atoms with Gasteiger partial charge in [-0.25, -0.2) is 0 Å². The Labute approximate surface area is 119 Å². The second kappa shape index (κ2) is 7.12. The second-order valence-electron chi connectivity index (χ2n) is 4.55. The Morgan fingerprint density at radius 2 is 2.05 bits per heavy atom. The van der Waals surface area contributed by atoms with Crippen molar-refractivity contribution >= 4 is 0 Å². The molecule has 108 valence electrons. The molecule has 2 heterocycles. The van der Waals surface area contributed by atoms with E-state index in [0.717, 1.165) is 37.4 Å². The van der Waals surface area contributed by atoms with Crippen LogP contribution >= 0.6 is 0 Å². The van der Waals surface area contributed by atoms with E-state index in [9.17, 15) is 0 Å². The van der Waals surface area contributed by atoms with Crippen LogP contribution in [0.2, 0.25) is 0 Å². The highest BCUT2D eigenvalue weighted by Gasteiger charge is 2.10. The maximum absolute atomic E-state index is 5.54. The molecule has 2 aromatic rings. The minimum absolute atomic E-state index is 0.461. The molecule has 0 aliphatic heterocycles. The maximum atomic E-state index is 5.54. The zero-order chi connectivity index (χ0) is 14.4. The Morgan fingerprint density at radius 1 is 1.25 bits per heavy atom. The van der Waals surface area contributed by atoms with E-state index in [4.69, 9.17) is 10.3 Å². The van der Waals surface area contributed by atoms with Crippen molar-refractivity contribution in [2.45, 2.75) is 26.8 Å². The second-order valence-corrected chi connectivity index (χ2v) is 4.55. The fourth-order valence-corrected chi connectivity index (χ4v) is 1.93. The first kappa shape index (κ1) is 14.6. The first-order valence-corrected chi connectivity index (χ1v) is 6.97. The van der Waals surface area contributed by atoms with Gasteiger partial charge in [0.25, 0.3) is 5.89 Å². The van der Waals surface area contributed by atoms with Crippen LogP contribution in [0.3, 0.4) is 0 Å². The molecule has 0 aliphatic carbocycles. The molecule has 6 heteroatoms. The quantitative estimate of drug-likeness (QED) is 0.824. The average molecular weight is 275 g/mol. The fourth-order valence-electron chi connectivity index (χ4n) is 1.93. The summed E-state index contributed by atoms with van der Waals surface area (Å²) in [5.41, 5.74) is 7.21. The predicted molar refractivity (Wildman–Crippen MR) is 76.9 cm³/mol. The van der Waals surface area contributed by atoms with Gasteiger partial charge in [-0.15, -0.1) is 0 Å². The van der Waals surface area contributed by atoms with Crippen LogP contribution < -0.4 is 5.73 Å². The van der Waals surface area contributed by atoms with Crippen LogP contribution in [0.15, 0.2) is 22.9 Å². The maximum Gasteiger partial charge on any atom is 0.276 e. The molecule has 2 aromatic heterocycles. The predicted octanol–water partition coefficient (Wildman–Crippen LogP) is 1.47. The molecule has 0 radical (unpaired) electrons. The summed E-state index contributed by atoms with van der Waals surface area (Å²) in [6, 6.07) is 3.77. The highest BCUT2D eigenvalue weighted by Crippen LogP contribution is 2.14. The van der Waals surface area contributed by atoms with Crippen LogP contribution in [-0.4, -0.2) is 39.7 Å². The molecule has 6 nitrogen and oxygen atoms in total. The zero-order valence-electron chi connectivity index (χ0n) is 12.0. The number of nitrogens with two attached hydrogens (primary N) is 1. The van der Waals surface area contributed by atoms with Crippen LogP contribution in [0.1, 0.15) is 25.2 Å². The molecule has 2 rings (SSSR count). The molecule has 0 unspecified atom stereocenters. The normalized spacial score (nSPS) is 11.2. The van der Waals surface area contributed by atoms with Gasteiger partial charge in [0.15, 0.2) is 5.82 Å². The van der Waals surface area contributed by atoms with Gasteiger partial charge < -0.3 is 15.2 Å². The third-order valence-corrected chi connectivity index (χ3v) is 3.29. The van der Waals surface area contributed by atoms with Crippen LogP contribution in [0.25, 0.3) is 11.6 Å². The van der Waals surface area contributed by atoms with Crippen molar-refractivity contribution in [1.29, 1.82) is 0 Å². The summed E-state index contributed by atoms with van der Waals surface area (Å²) in [4.78, 5) is 11.0. The molecule has 0 aromatic carbocycles. The molecule has 2 N–H and O–H groups in total. The number of rotatable bonds is 7. The summed E-state index contributed by atoms with van der Waals surface area (Å²) in [6.07, 6.45) is 2.52. The van der Waals surface area contributed by atoms with Gasteiger partial charge in [0.2, 0.25) is 0 Å². The van der Waals surface area contributed by atoms with Crippen molar-refractivity contribution in [3.63, 3.8) is 0 Å². The van der Waals surface area contributed by atoms with Gasteiger partial charge in [-0.3, -0.25) is 4.98 Å². The lowest BCUT2D eigenvalue weighted by molar-refractivity contribution is 0.303. The van der Waals surface area contributed by atoms with Crippen molar-refractivity contribution in [3.05, 3.63) is 29.7 Å². The third kappa shape index (κ3) is 3.61. The Bertz CT molecular complexity index is 519. The fraction of sp³-hybridized carbons (Fsp3) is 0.500. The van der Waals surface area contributed by atoms with Gasteiger partial charge in [0.1, 0.15) is 5.69 Å². The van der Waals surface area contributed by atoms with Gasteiger partial charge in [0, 0.05) is 25.7 Å². The summed E-state index contributed by atoms with van der Waals surface area (Å²) in [5, 5.41) is 4.00. The smallest absolute Gasteiger partial charge is 0.276 e. The Morgan fingerprint density at radius 3 is 2.65 bits per heavy atom. The number of nitrogens with zero attached hydrogens (tertiary/aromatic N) is 4. The van der Waals surface area contributed by atoms with Crippen molar-refractivity contribution < 1.29 is 4.52 Å². The van der Waals surface area contributed by atoms with Crippen LogP contribution in [0.5, 0.6) is 0 Å². The van der Waals surface area contributed by atoms with Crippen LogP contribution in [0, 0.1) is 0 Å². The number of hydrogen-bond acceptors (Lipinski definition) is 6. The topological polar surface area (TPSA) is 81.1 Å². The van der Waals surface area contributed by atoms with E-state index in [1.54, 1.807) is 6.20 Å². The van der Waals surface area contributed by atoms with E-state index < -0.39 is 0 Å². The monoisotopic (exact) mass is 275 g/mol. The molecule has 0 bridgehead atoms. The summed E-state index contributed by atoms with van der Waals surface area (Å²) in [7, 11) is 0. The van der Waals surface area contributed by atoms with Gasteiger partial charge in [-0.05, 0) is 24.7 Å². The SMILES string of the molecule is CCN(CC)CCc1noc(-c2ccc(CN)cn2)n1. The van der Waals surface area contributed by atoms with E-state index in [2.05, 4.69) is 33.9 Å². The number of aromatic nitrogens is 3. The molecule has 0 saturated heterocycles. The largest absolute Gasteiger partial charge is 0.332 e. The molecule has 20 heavy (non-hydrogen) atoms. The van der Waals surface area contributed by atoms with Crippen molar-refractivity contribution in [1.82, 2.24) is 20.0 Å². The number of likely N-dealkylation sites (N-methyl/N-ethyl adjacent to an activating group) is 1. The van der Waals surface area contributed by atoms with Gasteiger partial charge >= 0.3 is 0 Å². The number of pyridine rings is 1. The lowest BCUT2D eigenvalue weighted by atomic mass is 10.2. The first-order valence-electron chi connectivity index (χ1n) is 6.97. The molecule has 0 fully saturated rings. The van der Waals surface area contributed by atoms with Crippen molar-refractivity contribution in [2.75, 3.05) is 19.6 Å². The Hall–Kier alpha value is -1.79. The van der Waals surface area contributed by atoms with Gasteiger partial charge in [-0.2, -0.15) is 4.98 Å². The lowest BCUT2D eigenvalue weighted by Gasteiger charge is -2.16. The standard InChI is InChI=1S/C14H21N5O/c1-3-19(4-2)8-7-13-17-14(20-18-13)12-6-5-11(9-15)10-16-12/h5-6,10H,3-4,7-9,15H2,1-2H3. The summed E-state index contributed by atoms with van der Waals surface area (Å²) >= 11 is 0. The molecular weight excluding hydrogens is 254 g/mol. The van der Waals surface area contributed by atoms with E-state index in [1.165, 1.54) is 0 Å². The van der Waals surface area contributed by atoms with E-state index >= 15 is 0 Å². The van der Waals surface area contributed by atoms with Crippen LogP contribution in [-0.2, 0) is 13.0 Å². The zero-order valence-corrected chi connectivity index (χ0v) is 12.0. The lowest BCUT2D eigenvalue weighted by Crippen LogP contribution is -2.25. The molecular formula is C14H21N5O. The van der Waals surface area contributed by atoms with E-state index in [-0.39, 0.29) is 0 Å². The van der Waals surface area contributed by atoms with Crippen LogP contribution in [0.4, 0.5) is 0 Å². The molecule has 0 saturated carbocycles. The first-order chi connectivity index (χ1) is 9.76. The number of hydrogen-bond donors (Lipinski definition) is 1.